The van der Waals surface area contributed by atoms with Crippen LogP contribution in [0.5, 0.6) is 0 Å². The SMILES string of the molecule is CC(C)C(NC(=O)[C@@H]1CCCN1C(=O)[C@@H](NC(=O)OCc1ccccc1)C(C)C)C(=O)c1nccs1. The minimum absolute atomic E-state index is 0.0874. The fourth-order valence-electron chi connectivity index (χ4n) is 4.15. The molecular weight excluding hydrogens is 480 g/mol. The van der Waals surface area contributed by atoms with Crippen LogP contribution in [0.2, 0.25) is 0 Å². The van der Waals surface area contributed by atoms with Gasteiger partial charge in [0.2, 0.25) is 17.6 Å². The van der Waals surface area contributed by atoms with E-state index in [9.17, 15) is 19.2 Å². The fraction of sp³-hybridized carbons (Fsp3) is 0.500. The summed E-state index contributed by atoms with van der Waals surface area (Å²) in [6.45, 7) is 7.85. The van der Waals surface area contributed by atoms with Crippen molar-refractivity contribution in [2.24, 2.45) is 11.8 Å². The summed E-state index contributed by atoms with van der Waals surface area (Å²) in [6, 6.07) is 6.95. The van der Waals surface area contributed by atoms with Crippen molar-refractivity contribution in [1.82, 2.24) is 20.5 Å². The predicted octanol–water partition coefficient (Wildman–Crippen LogP) is 3.41. The maximum atomic E-state index is 13.5. The summed E-state index contributed by atoms with van der Waals surface area (Å²) in [4.78, 5) is 57.6. The average Bonchev–Trinajstić information content (AvgIpc) is 3.56. The molecular formula is C26H34N4O5S. The number of likely N-dealkylation sites (tertiary alicyclic amines) is 1. The highest BCUT2D eigenvalue weighted by molar-refractivity contribution is 7.11. The van der Waals surface area contributed by atoms with Gasteiger partial charge < -0.3 is 20.3 Å². The number of carbonyl (C=O) groups is 4. The first-order chi connectivity index (χ1) is 17.2. The molecule has 1 fully saturated rings. The van der Waals surface area contributed by atoms with Gasteiger partial charge in [0.15, 0.2) is 5.01 Å². The Morgan fingerprint density at radius 2 is 1.75 bits per heavy atom. The third-order valence-electron chi connectivity index (χ3n) is 6.15. The number of hydrogen-bond acceptors (Lipinski definition) is 7. The molecule has 194 valence electrons. The van der Waals surface area contributed by atoms with Crippen LogP contribution >= 0.6 is 11.3 Å². The molecule has 0 aliphatic carbocycles. The van der Waals surface area contributed by atoms with Crippen LogP contribution < -0.4 is 10.6 Å². The van der Waals surface area contributed by atoms with Gasteiger partial charge in [-0.1, -0.05) is 58.0 Å². The zero-order valence-electron chi connectivity index (χ0n) is 21.1. The minimum Gasteiger partial charge on any atom is -0.445 e. The van der Waals surface area contributed by atoms with Gasteiger partial charge in [0.1, 0.15) is 18.7 Å². The van der Waals surface area contributed by atoms with Crippen molar-refractivity contribution < 1.29 is 23.9 Å². The molecule has 1 aromatic carbocycles. The fourth-order valence-corrected chi connectivity index (χ4v) is 4.77. The number of thiazole rings is 1. The number of ketones is 1. The van der Waals surface area contributed by atoms with Crippen molar-refractivity contribution in [1.29, 1.82) is 0 Å². The Balaban J connectivity index is 1.65. The maximum absolute atomic E-state index is 13.5. The van der Waals surface area contributed by atoms with Gasteiger partial charge in [0.25, 0.3) is 0 Å². The normalized spacial score (nSPS) is 17.1. The number of benzene rings is 1. The molecule has 2 heterocycles. The van der Waals surface area contributed by atoms with E-state index >= 15 is 0 Å². The first-order valence-electron chi connectivity index (χ1n) is 12.2. The Morgan fingerprint density at radius 1 is 1.06 bits per heavy atom. The Morgan fingerprint density at radius 3 is 2.36 bits per heavy atom. The minimum atomic E-state index is -0.848. The summed E-state index contributed by atoms with van der Waals surface area (Å²) >= 11 is 1.23. The average molecular weight is 515 g/mol. The zero-order valence-corrected chi connectivity index (χ0v) is 21.9. The summed E-state index contributed by atoms with van der Waals surface area (Å²) in [5.41, 5.74) is 0.836. The lowest BCUT2D eigenvalue weighted by molar-refractivity contribution is -0.141. The van der Waals surface area contributed by atoms with Crippen LogP contribution in [0.1, 0.15) is 55.9 Å². The lowest BCUT2D eigenvalue weighted by Crippen LogP contribution is -2.57. The molecule has 3 rings (SSSR count). The lowest BCUT2D eigenvalue weighted by atomic mass is 9.99. The van der Waals surface area contributed by atoms with Crippen LogP contribution in [0.3, 0.4) is 0 Å². The molecule has 0 spiro atoms. The van der Waals surface area contributed by atoms with Crippen molar-refractivity contribution in [3.63, 3.8) is 0 Å². The Hall–Kier alpha value is -3.27. The molecule has 2 N–H and O–H groups in total. The molecule has 0 saturated carbocycles. The third kappa shape index (κ3) is 6.90. The van der Waals surface area contributed by atoms with Crippen molar-refractivity contribution in [2.75, 3.05) is 6.54 Å². The molecule has 2 aromatic rings. The number of ether oxygens (including phenoxy) is 1. The first kappa shape index (κ1) is 27.3. The van der Waals surface area contributed by atoms with E-state index in [2.05, 4.69) is 15.6 Å². The summed E-state index contributed by atoms with van der Waals surface area (Å²) in [5.74, 6) is -1.33. The maximum Gasteiger partial charge on any atom is 0.408 e. The molecule has 3 atom stereocenters. The number of nitrogens with one attached hydrogen (secondary N) is 2. The standard InChI is InChI=1S/C26H34N4O5S/c1-16(2)20(22(31)24-27-12-14-36-24)28-23(32)19-11-8-13-30(19)25(33)21(17(3)4)29-26(34)35-15-18-9-6-5-7-10-18/h5-7,9-10,12,14,16-17,19-21H,8,11,13,15H2,1-4H3,(H,28,32)(H,29,34)/t19-,20?,21-/m0/s1. The van der Waals surface area contributed by atoms with Crippen LogP contribution in [0.4, 0.5) is 4.79 Å². The van der Waals surface area contributed by atoms with Crippen LogP contribution in [0, 0.1) is 11.8 Å². The molecule has 0 bridgehead atoms. The van der Waals surface area contributed by atoms with Gasteiger partial charge in [0.05, 0.1) is 6.04 Å². The summed E-state index contributed by atoms with van der Waals surface area (Å²) in [7, 11) is 0. The van der Waals surface area contributed by atoms with Gasteiger partial charge in [-0.3, -0.25) is 14.4 Å². The quantitative estimate of drug-likeness (QED) is 0.469. The van der Waals surface area contributed by atoms with Gasteiger partial charge >= 0.3 is 6.09 Å². The highest BCUT2D eigenvalue weighted by Gasteiger charge is 2.40. The number of Topliss-reactive ketones (excluding diaryl/α,β-unsaturated/α-hetero) is 1. The lowest BCUT2D eigenvalue weighted by Gasteiger charge is -2.31. The van der Waals surface area contributed by atoms with Gasteiger partial charge in [-0.05, 0) is 30.2 Å². The Bertz CT molecular complexity index is 1040. The van der Waals surface area contributed by atoms with E-state index in [0.717, 1.165) is 5.56 Å². The summed E-state index contributed by atoms with van der Waals surface area (Å²) in [6.07, 6.45) is 2.00. The molecule has 1 aromatic heterocycles. The number of aromatic nitrogens is 1. The largest absolute Gasteiger partial charge is 0.445 e. The number of carbonyl (C=O) groups excluding carboxylic acids is 4. The molecule has 1 saturated heterocycles. The molecule has 1 unspecified atom stereocenters. The monoisotopic (exact) mass is 514 g/mol. The second kappa shape index (κ2) is 12.6. The van der Waals surface area contributed by atoms with E-state index < -0.39 is 24.2 Å². The van der Waals surface area contributed by atoms with Crippen LogP contribution in [-0.2, 0) is 20.9 Å². The predicted molar refractivity (Wildman–Crippen MR) is 136 cm³/mol. The molecule has 1 aliphatic rings. The zero-order chi connectivity index (χ0) is 26.2. The topological polar surface area (TPSA) is 118 Å². The highest BCUT2D eigenvalue weighted by atomic mass is 32.1. The Labute approximate surface area is 215 Å². The van der Waals surface area contributed by atoms with Crippen LogP contribution in [0.15, 0.2) is 41.9 Å². The van der Waals surface area contributed by atoms with Crippen LogP contribution in [0.25, 0.3) is 0 Å². The van der Waals surface area contributed by atoms with E-state index in [4.69, 9.17) is 4.74 Å². The van der Waals surface area contributed by atoms with Gasteiger partial charge in [-0.25, -0.2) is 9.78 Å². The molecule has 9 nitrogen and oxygen atoms in total. The van der Waals surface area contributed by atoms with Crippen molar-refractivity contribution in [2.45, 2.75) is 65.3 Å². The number of hydrogen-bond donors (Lipinski definition) is 2. The van der Waals surface area contributed by atoms with Crippen molar-refractivity contribution in [3.05, 3.63) is 52.5 Å². The third-order valence-corrected chi connectivity index (χ3v) is 6.94. The van der Waals surface area contributed by atoms with E-state index in [1.54, 1.807) is 11.6 Å². The molecule has 0 radical (unpaired) electrons. The first-order valence-corrected chi connectivity index (χ1v) is 13.1. The van der Waals surface area contributed by atoms with Crippen LogP contribution in [-0.4, -0.2) is 58.2 Å². The molecule has 36 heavy (non-hydrogen) atoms. The molecule has 3 amide bonds. The van der Waals surface area contributed by atoms with Gasteiger partial charge in [-0.15, -0.1) is 11.3 Å². The van der Waals surface area contributed by atoms with Gasteiger partial charge in [0, 0.05) is 18.1 Å². The highest BCUT2D eigenvalue weighted by Crippen LogP contribution is 2.22. The Kier molecular flexibility index (Phi) is 9.58. The summed E-state index contributed by atoms with van der Waals surface area (Å²) < 4.78 is 5.29. The van der Waals surface area contributed by atoms with Crippen molar-refractivity contribution in [3.8, 4) is 0 Å². The molecule has 10 heteroatoms. The number of nitrogens with zero attached hydrogens (tertiary/aromatic N) is 2. The van der Waals surface area contributed by atoms with Gasteiger partial charge in [-0.2, -0.15) is 0 Å². The van der Waals surface area contributed by atoms with Crippen molar-refractivity contribution >= 4 is 35.0 Å². The number of alkyl carbamates (subject to hydrolysis) is 1. The number of amides is 3. The summed E-state index contributed by atoms with van der Waals surface area (Å²) in [5, 5.41) is 7.58. The number of rotatable bonds is 10. The smallest absolute Gasteiger partial charge is 0.408 e. The molecule has 1 aliphatic heterocycles. The van der Waals surface area contributed by atoms with E-state index in [1.165, 1.54) is 16.2 Å². The van der Waals surface area contributed by atoms with E-state index in [0.29, 0.717) is 24.4 Å². The van der Waals surface area contributed by atoms with E-state index in [-0.39, 0.29) is 36.0 Å². The second-order valence-electron chi connectivity index (χ2n) is 9.55. The van der Waals surface area contributed by atoms with E-state index in [1.807, 2.05) is 58.0 Å². The second-order valence-corrected chi connectivity index (χ2v) is 10.4.